The molecule has 0 atom stereocenters. The molecule has 0 unspecified atom stereocenters. The van der Waals surface area contributed by atoms with Gasteiger partial charge in [0.1, 0.15) is 19.0 Å². The number of carbonyl (C=O) groups is 1. The predicted molar refractivity (Wildman–Crippen MR) is 134 cm³/mol. The number of hydrogen-bond acceptors (Lipinski definition) is 6. The van der Waals surface area contributed by atoms with Crippen LogP contribution in [0.25, 0.3) is 0 Å². The van der Waals surface area contributed by atoms with Gasteiger partial charge in [-0.15, -0.1) is 0 Å². The minimum atomic E-state index is -0.620. The second kappa shape index (κ2) is 11.3. The first-order valence-electron chi connectivity index (χ1n) is 11.8. The predicted octanol–water partition coefficient (Wildman–Crippen LogP) is 7.77. The summed E-state index contributed by atoms with van der Waals surface area (Å²) in [4.78, 5) is 13.2. The maximum Gasteiger partial charge on any atom is 0.313 e. The van der Waals surface area contributed by atoms with E-state index < -0.39 is 5.41 Å². The van der Waals surface area contributed by atoms with Gasteiger partial charge in [0.25, 0.3) is 0 Å². The molecule has 0 aliphatic carbocycles. The summed E-state index contributed by atoms with van der Waals surface area (Å²) < 4.78 is 11.5. The van der Waals surface area contributed by atoms with Crippen molar-refractivity contribution >= 4 is 17.3 Å². The summed E-state index contributed by atoms with van der Waals surface area (Å²) in [6, 6.07) is 16.2. The van der Waals surface area contributed by atoms with Crippen molar-refractivity contribution in [1.82, 2.24) is 0 Å². The highest BCUT2D eigenvalue weighted by Gasteiger charge is 2.56. The Morgan fingerprint density at radius 2 is 1.29 bits per heavy atom. The zero-order chi connectivity index (χ0) is 25.4. The Balaban J connectivity index is 1.92. The van der Waals surface area contributed by atoms with Crippen LogP contribution >= 0.6 is 0 Å². The van der Waals surface area contributed by atoms with Crippen LogP contribution in [-0.2, 0) is 9.53 Å². The van der Waals surface area contributed by atoms with E-state index in [4.69, 9.17) is 14.7 Å². The van der Waals surface area contributed by atoms with E-state index in [9.17, 15) is 4.79 Å². The van der Waals surface area contributed by atoms with Crippen LogP contribution in [0.1, 0.15) is 66.9 Å². The maximum atomic E-state index is 13.2. The second-order valence-electron chi connectivity index (χ2n) is 9.94. The molecule has 0 heterocycles. The highest BCUT2D eigenvalue weighted by Crippen LogP contribution is 2.55. The summed E-state index contributed by atoms with van der Waals surface area (Å²) in [5.41, 5.74) is 0.914. The van der Waals surface area contributed by atoms with Crippen LogP contribution in [0.15, 0.2) is 58.8 Å². The molecule has 0 bridgehead atoms. The fraction of sp³-hybridized carbons (Fsp3) is 0.500. The van der Waals surface area contributed by atoms with E-state index in [0.717, 1.165) is 12.8 Å². The van der Waals surface area contributed by atoms with Gasteiger partial charge in [-0.05, 0) is 79.1 Å². The van der Waals surface area contributed by atoms with Crippen LogP contribution in [0.5, 0.6) is 5.75 Å². The van der Waals surface area contributed by atoms with Crippen LogP contribution in [0.2, 0.25) is 0 Å². The maximum absolute atomic E-state index is 13.2. The Kier molecular flexibility index (Phi) is 8.98. The Morgan fingerprint density at radius 1 is 0.824 bits per heavy atom. The van der Waals surface area contributed by atoms with E-state index in [1.807, 2.05) is 6.92 Å². The average molecular weight is 464 g/mol. The molecular weight excluding hydrogens is 426 g/mol. The minimum absolute atomic E-state index is 0.173. The lowest BCUT2D eigenvalue weighted by Gasteiger charge is -2.51. The smallest absolute Gasteiger partial charge is 0.313 e. The molecule has 2 rings (SSSR count). The van der Waals surface area contributed by atoms with Crippen LogP contribution in [-0.4, -0.2) is 19.2 Å². The van der Waals surface area contributed by atoms with E-state index in [0.29, 0.717) is 22.7 Å². The third kappa shape index (κ3) is 6.02. The molecule has 0 radical (unpaired) electrons. The first-order chi connectivity index (χ1) is 16.0. The molecule has 0 fully saturated rings. The zero-order valence-corrected chi connectivity index (χ0v) is 21.5. The molecule has 0 saturated heterocycles. The summed E-state index contributed by atoms with van der Waals surface area (Å²) in [5.74, 6) is 0.493. The summed E-state index contributed by atoms with van der Waals surface area (Å²) in [5, 5.41) is 17.2. The van der Waals surface area contributed by atoms with E-state index >= 15 is 0 Å². The number of nitriles is 1. The Labute approximate surface area is 204 Å². The van der Waals surface area contributed by atoms with Gasteiger partial charge in [-0.1, -0.05) is 41.5 Å². The molecular formula is C28H37N3O3. The SMILES string of the molecule is CCC(C)(C)C(C)(C(=O)OCCOc1ccc(N=Nc2ccc(C#N)cc2)cc1)C(C)(C)CC. The van der Waals surface area contributed by atoms with Gasteiger partial charge in [0.05, 0.1) is 28.4 Å². The van der Waals surface area contributed by atoms with Crippen molar-refractivity contribution in [3.8, 4) is 11.8 Å². The molecule has 2 aromatic rings. The van der Waals surface area contributed by atoms with E-state index in [1.165, 1.54) is 0 Å². The molecule has 34 heavy (non-hydrogen) atoms. The largest absolute Gasteiger partial charge is 0.490 e. The Morgan fingerprint density at radius 3 is 1.74 bits per heavy atom. The summed E-state index contributed by atoms with van der Waals surface area (Å²) in [6.45, 7) is 15.3. The quantitative estimate of drug-likeness (QED) is 0.193. The number of azo groups is 1. The lowest BCUT2D eigenvalue weighted by Crippen LogP contribution is -2.53. The second-order valence-corrected chi connectivity index (χ2v) is 9.94. The van der Waals surface area contributed by atoms with Gasteiger partial charge in [0.2, 0.25) is 0 Å². The van der Waals surface area contributed by atoms with Crippen LogP contribution in [0.4, 0.5) is 11.4 Å². The molecule has 0 spiro atoms. The topological polar surface area (TPSA) is 84.0 Å². The number of rotatable bonds is 11. The van der Waals surface area contributed by atoms with E-state index in [1.54, 1.807) is 48.5 Å². The molecule has 0 saturated carbocycles. The summed E-state index contributed by atoms with van der Waals surface area (Å²) in [6.07, 6.45) is 1.76. The molecule has 0 N–H and O–H groups in total. The third-order valence-electron chi connectivity index (χ3n) is 7.58. The highest BCUT2D eigenvalue weighted by molar-refractivity contribution is 5.78. The molecule has 0 aliphatic heterocycles. The number of benzene rings is 2. The standard InChI is InChI=1S/C28H37N3O3/c1-8-26(3,4)28(7,27(5,6)9-2)25(32)34-19-18-33-24-16-14-23(15-17-24)31-30-22-12-10-21(20-29)11-13-22/h10-17H,8-9,18-19H2,1-7H3. The van der Waals surface area contributed by atoms with Gasteiger partial charge in [-0.3, -0.25) is 4.79 Å². The highest BCUT2D eigenvalue weighted by atomic mass is 16.6. The fourth-order valence-electron chi connectivity index (χ4n) is 3.94. The minimum Gasteiger partial charge on any atom is -0.490 e. The summed E-state index contributed by atoms with van der Waals surface area (Å²) in [7, 11) is 0. The van der Waals surface area contributed by atoms with Crippen LogP contribution < -0.4 is 4.74 Å². The lowest BCUT2D eigenvalue weighted by molar-refractivity contribution is -0.176. The van der Waals surface area contributed by atoms with Gasteiger partial charge < -0.3 is 9.47 Å². The Bertz CT molecular complexity index is 1000. The van der Waals surface area contributed by atoms with Crippen molar-refractivity contribution in [3.63, 3.8) is 0 Å². The molecule has 2 aromatic carbocycles. The summed E-state index contributed by atoms with van der Waals surface area (Å²) >= 11 is 0. The van der Waals surface area contributed by atoms with Gasteiger partial charge >= 0.3 is 5.97 Å². The third-order valence-corrected chi connectivity index (χ3v) is 7.58. The van der Waals surface area contributed by atoms with Crippen molar-refractivity contribution in [2.24, 2.45) is 26.5 Å². The number of nitrogens with zero attached hydrogens (tertiary/aromatic N) is 3. The molecule has 6 nitrogen and oxygen atoms in total. The van der Waals surface area contributed by atoms with E-state index in [-0.39, 0.29) is 30.0 Å². The monoisotopic (exact) mass is 463 g/mol. The molecule has 0 aliphatic rings. The normalized spacial score (nSPS) is 12.4. The van der Waals surface area contributed by atoms with E-state index in [2.05, 4.69) is 57.8 Å². The van der Waals surface area contributed by atoms with Crippen molar-refractivity contribution < 1.29 is 14.3 Å². The number of ether oxygens (including phenoxy) is 2. The lowest BCUT2D eigenvalue weighted by atomic mass is 9.52. The van der Waals surface area contributed by atoms with Gasteiger partial charge in [0.15, 0.2) is 0 Å². The fourth-order valence-corrected chi connectivity index (χ4v) is 3.94. The van der Waals surface area contributed by atoms with Crippen molar-refractivity contribution in [1.29, 1.82) is 5.26 Å². The van der Waals surface area contributed by atoms with Crippen LogP contribution in [0, 0.1) is 27.6 Å². The Hall–Kier alpha value is -3.20. The average Bonchev–Trinajstić information content (AvgIpc) is 2.85. The van der Waals surface area contributed by atoms with Crippen molar-refractivity contribution in [3.05, 3.63) is 54.1 Å². The van der Waals surface area contributed by atoms with Gasteiger partial charge in [-0.2, -0.15) is 15.5 Å². The zero-order valence-electron chi connectivity index (χ0n) is 21.5. The number of hydrogen-bond donors (Lipinski definition) is 0. The molecule has 182 valence electrons. The van der Waals surface area contributed by atoms with Gasteiger partial charge in [0, 0.05) is 0 Å². The van der Waals surface area contributed by atoms with Crippen molar-refractivity contribution in [2.75, 3.05) is 13.2 Å². The number of esters is 1. The first kappa shape index (κ1) is 27.0. The van der Waals surface area contributed by atoms with Crippen LogP contribution in [0.3, 0.4) is 0 Å². The first-order valence-corrected chi connectivity index (χ1v) is 11.8. The molecule has 6 heteroatoms. The molecule has 0 amide bonds. The number of carbonyl (C=O) groups excluding carboxylic acids is 1. The van der Waals surface area contributed by atoms with Gasteiger partial charge in [-0.25, -0.2) is 0 Å². The van der Waals surface area contributed by atoms with Crippen molar-refractivity contribution in [2.45, 2.75) is 61.3 Å². The molecule has 0 aromatic heterocycles.